The van der Waals surface area contributed by atoms with E-state index in [9.17, 15) is 9.59 Å². The summed E-state index contributed by atoms with van der Waals surface area (Å²) < 4.78 is 9.08. The summed E-state index contributed by atoms with van der Waals surface area (Å²) in [5, 5.41) is 0. The minimum atomic E-state index is -0.525. The molecule has 1 rings (SSSR count). The average Bonchev–Trinajstić information content (AvgIpc) is 2.33. The number of nitrogens with zero attached hydrogens (tertiary/aromatic N) is 1. The quantitative estimate of drug-likeness (QED) is 0.448. The molecule has 5 heteroatoms. The first-order valence-corrected chi connectivity index (χ1v) is 4.08. The van der Waals surface area contributed by atoms with Crippen LogP contribution in [0.15, 0.2) is 0 Å². The van der Waals surface area contributed by atoms with Crippen LogP contribution in [0.4, 0.5) is 4.79 Å². The molecule has 1 amide bonds. The van der Waals surface area contributed by atoms with E-state index in [1.807, 2.05) is 0 Å². The second-order valence-corrected chi connectivity index (χ2v) is 2.72. The second-order valence-electron chi connectivity index (χ2n) is 2.72. The van der Waals surface area contributed by atoms with E-state index in [-0.39, 0.29) is 0 Å². The van der Waals surface area contributed by atoms with Crippen molar-refractivity contribution in [2.75, 3.05) is 27.3 Å². The Balaban J connectivity index is 0.000000252. The average molecular weight is 189 g/mol. The zero-order valence-corrected chi connectivity index (χ0v) is 7.99. The Hall–Kier alpha value is -1.26. The molecular weight excluding hydrogens is 174 g/mol. The molecule has 0 aromatic carbocycles. The van der Waals surface area contributed by atoms with Crippen molar-refractivity contribution in [3.05, 3.63) is 0 Å². The van der Waals surface area contributed by atoms with Gasteiger partial charge in [-0.3, -0.25) is 4.79 Å². The Morgan fingerprint density at radius 2 is 1.62 bits per heavy atom. The number of hydrogen-bond acceptors (Lipinski definition) is 4. The summed E-state index contributed by atoms with van der Waals surface area (Å²) in [6, 6.07) is 0. The molecule has 0 bridgehead atoms. The zero-order valence-electron chi connectivity index (χ0n) is 7.99. The van der Waals surface area contributed by atoms with Gasteiger partial charge in [0.05, 0.1) is 13.2 Å². The van der Waals surface area contributed by atoms with Gasteiger partial charge in [0.1, 0.15) is 0 Å². The van der Waals surface area contributed by atoms with E-state index in [4.69, 9.17) is 0 Å². The maximum Gasteiger partial charge on any atom is 0.508 e. The molecule has 1 aliphatic rings. The number of rotatable bonds is 1. The van der Waals surface area contributed by atoms with E-state index in [1.54, 1.807) is 14.1 Å². The molecular formula is C8H15NO4. The van der Waals surface area contributed by atoms with Gasteiger partial charge in [0, 0.05) is 14.1 Å². The van der Waals surface area contributed by atoms with Crippen LogP contribution in [-0.2, 0) is 14.3 Å². The first kappa shape index (κ1) is 11.7. The van der Waals surface area contributed by atoms with Gasteiger partial charge >= 0.3 is 6.16 Å². The minimum absolute atomic E-state index is 0.513. The van der Waals surface area contributed by atoms with E-state index in [0.717, 1.165) is 19.3 Å². The largest absolute Gasteiger partial charge is 0.508 e. The third-order valence-corrected chi connectivity index (χ3v) is 1.19. The van der Waals surface area contributed by atoms with Gasteiger partial charge in [0.25, 0.3) is 0 Å². The van der Waals surface area contributed by atoms with Crippen LogP contribution in [-0.4, -0.2) is 44.8 Å². The SMILES string of the molecule is CN(C)C=O.O=C1OCCCCO1. The van der Waals surface area contributed by atoms with Crippen LogP contribution < -0.4 is 0 Å². The molecule has 1 aliphatic heterocycles. The van der Waals surface area contributed by atoms with Gasteiger partial charge < -0.3 is 14.4 Å². The molecule has 0 aliphatic carbocycles. The van der Waals surface area contributed by atoms with Gasteiger partial charge in [-0.15, -0.1) is 0 Å². The highest BCUT2D eigenvalue weighted by Gasteiger charge is 2.06. The maximum atomic E-state index is 10.2. The Kier molecular flexibility index (Phi) is 6.68. The maximum absolute atomic E-state index is 10.2. The van der Waals surface area contributed by atoms with Gasteiger partial charge in [0.2, 0.25) is 6.41 Å². The fraction of sp³-hybridized carbons (Fsp3) is 0.750. The Morgan fingerprint density at radius 3 is 1.92 bits per heavy atom. The summed E-state index contributed by atoms with van der Waals surface area (Å²) in [6.07, 6.45) is 2.07. The molecule has 0 unspecified atom stereocenters. The Morgan fingerprint density at radius 1 is 1.23 bits per heavy atom. The number of cyclic esters (lactones) is 2. The first-order valence-electron chi connectivity index (χ1n) is 4.08. The molecule has 0 radical (unpaired) electrons. The van der Waals surface area contributed by atoms with Crippen molar-refractivity contribution in [2.24, 2.45) is 0 Å². The normalized spacial score (nSPS) is 15.4. The number of ether oxygens (including phenoxy) is 2. The Bertz CT molecular complexity index is 148. The highest BCUT2D eigenvalue weighted by molar-refractivity contribution is 5.59. The lowest BCUT2D eigenvalue weighted by Crippen LogP contribution is -2.06. The van der Waals surface area contributed by atoms with Gasteiger partial charge in [-0.2, -0.15) is 0 Å². The lowest BCUT2D eigenvalue weighted by atomic mass is 10.3. The van der Waals surface area contributed by atoms with Crippen molar-refractivity contribution in [1.29, 1.82) is 0 Å². The number of amides is 1. The monoisotopic (exact) mass is 189 g/mol. The highest BCUT2D eigenvalue weighted by Crippen LogP contribution is 1.99. The molecule has 0 saturated carbocycles. The lowest BCUT2D eigenvalue weighted by molar-refractivity contribution is -0.115. The Labute approximate surface area is 77.6 Å². The van der Waals surface area contributed by atoms with Crippen molar-refractivity contribution >= 4 is 12.6 Å². The van der Waals surface area contributed by atoms with Crippen LogP contribution in [0.1, 0.15) is 12.8 Å². The summed E-state index contributed by atoms with van der Waals surface area (Å²) >= 11 is 0. The second kappa shape index (κ2) is 7.39. The summed E-state index contributed by atoms with van der Waals surface area (Å²) in [7, 11) is 3.38. The summed E-state index contributed by atoms with van der Waals surface area (Å²) in [6.45, 7) is 1.03. The van der Waals surface area contributed by atoms with Crippen molar-refractivity contribution in [3.8, 4) is 0 Å². The molecule has 1 saturated heterocycles. The summed E-state index contributed by atoms with van der Waals surface area (Å²) in [4.78, 5) is 21.1. The molecule has 0 aromatic rings. The fourth-order valence-corrected chi connectivity index (χ4v) is 0.557. The van der Waals surface area contributed by atoms with Crippen LogP contribution >= 0.6 is 0 Å². The topological polar surface area (TPSA) is 55.8 Å². The highest BCUT2D eigenvalue weighted by atomic mass is 16.7. The third kappa shape index (κ3) is 8.65. The zero-order chi connectivity index (χ0) is 10.1. The summed E-state index contributed by atoms with van der Waals surface area (Å²) in [5.74, 6) is 0. The first-order chi connectivity index (χ1) is 6.16. The van der Waals surface area contributed by atoms with Gasteiger partial charge in [-0.1, -0.05) is 0 Å². The number of carbonyl (C=O) groups excluding carboxylic acids is 2. The van der Waals surface area contributed by atoms with Crippen molar-refractivity contribution in [1.82, 2.24) is 4.90 Å². The molecule has 13 heavy (non-hydrogen) atoms. The van der Waals surface area contributed by atoms with Crippen molar-refractivity contribution in [3.63, 3.8) is 0 Å². The molecule has 0 aromatic heterocycles. The molecule has 0 atom stereocenters. The van der Waals surface area contributed by atoms with Gasteiger partial charge in [0.15, 0.2) is 0 Å². The predicted molar refractivity (Wildman–Crippen MR) is 46.3 cm³/mol. The molecule has 5 nitrogen and oxygen atoms in total. The molecule has 0 spiro atoms. The van der Waals surface area contributed by atoms with Crippen LogP contribution in [0.25, 0.3) is 0 Å². The molecule has 76 valence electrons. The van der Waals surface area contributed by atoms with E-state index in [1.165, 1.54) is 4.90 Å². The minimum Gasteiger partial charge on any atom is -0.434 e. The molecule has 1 fully saturated rings. The van der Waals surface area contributed by atoms with E-state index in [0.29, 0.717) is 13.2 Å². The third-order valence-electron chi connectivity index (χ3n) is 1.19. The van der Waals surface area contributed by atoms with Gasteiger partial charge in [-0.05, 0) is 12.8 Å². The van der Waals surface area contributed by atoms with Crippen LogP contribution in [0.3, 0.4) is 0 Å². The standard InChI is InChI=1S/C5H8O3.C3H7NO/c6-5-7-3-1-2-4-8-5;1-4(2)3-5/h1-4H2;3H,1-2H3. The van der Waals surface area contributed by atoms with Crippen LogP contribution in [0, 0.1) is 0 Å². The van der Waals surface area contributed by atoms with E-state index < -0.39 is 6.16 Å². The fourth-order valence-electron chi connectivity index (χ4n) is 0.557. The smallest absolute Gasteiger partial charge is 0.434 e. The van der Waals surface area contributed by atoms with Crippen LogP contribution in [0.2, 0.25) is 0 Å². The van der Waals surface area contributed by atoms with Gasteiger partial charge in [-0.25, -0.2) is 4.79 Å². The van der Waals surface area contributed by atoms with Crippen molar-refractivity contribution in [2.45, 2.75) is 12.8 Å². The van der Waals surface area contributed by atoms with Crippen molar-refractivity contribution < 1.29 is 19.1 Å². The number of carbonyl (C=O) groups is 2. The summed E-state index contributed by atoms with van der Waals surface area (Å²) in [5.41, 5.74) is 0. The van der Waals surface area contributed by atoms with E-state index in [2.05, 4.69) is 9.47 Å². The lowest BCUT2D eigenvalue weighted by Gasteiger charge is -1.94. The van der Waals surface area contributed by atoms with Crippen LogP contribution in [0.5, 0.6) is 0 Å². The molecule has 1 heterocycles. The van der Waals surface area contributed by atoms with E-state index >= 15 is 0 Å². The number of hydrogen-bond donors (Lipinski definition) is 0. The predicted octanol–water partition coefficient (Wildman–Crippen LogP) is 0.638. The molecule has 0 N–H and O–H groups in total.